The molecule has 0 aromatic heterocycles. The van der Waals surface area contributed by atoms with Gasteiger partial charge in [-0.25, -0.2) is 0 Å². The predicted octanol–water partition coefficient (Wildman–Crippen LogP) is 4.24. The largest absolute Gasteiger partial charge is 0.294 e. The lowest BCUT2D eigenvalue weighted by Crippen LogP contribution is -2.00. The molecule has 0 aliphatic rings. The Labute approximate surface area is 111 Å². The van der Waals surface area contributed by atoms with Crippen molar-refractivity contribution in [2.75, 3.05) is 6.54 Å². The van der Waals surface area contributed by atoms with Gasteiger partial charge < -0.3 is 0 Å². The number of hydrogen-bond acceptors (Lipinski definition) is 2. The molecule has 0 radical (unpaired) electrons. The Morgan fingerprint density at radius 2 is 1.63 bits per heavy atom. The molecule has 2 rings (SSSR count). The van der Waals surface area contributed by atoms with Crippen molar-refractivity contribution < 1.29 is 4.79 Å². The lowest BCUT2D eigenvalue weighted by atomic mass is 10.0. The van der Waals surface area contributed by atoms with E-state index in [0.717, 1.165) is 11.1 Å². The summed E-state index contributed by atoms with van der Waals surface area (Å²) < 4.78 is 0. The molecule has 0 atom stereocenters. The maximum absolute atomic E-state index is 11.8. The van der Waals surface area contributed by atoms with Crippen LogP contribution in [-0.4, -0.2) is 12.3 Å². The van der Waals surface area contributed by atoms with E-state index in [1.807, 2.05) is 42.5 Å². The molecule has 0 saturated heterocycles. The molecule has 19 heavy (non-hydrogen) atoms. The van der Waals surface area contributed by atoms with Crippen LogP contribution in [-0.2, 0) is 0 Å². The van der Waals surface area contributed by atoms with Crippen LogP contribution in [0, 0.1) is 0 Å². The first kappa shape index (κ1) is 12.9. The van der Waals surface area contributed by atoms with Crippen LogP contribution in [0.4, 0.5) is 0 Å². The van der Waals surface area contributed by atoms with Crippen LogP contribution in [0.5, 0.6) is 0 Å². The van der Waals surface area contributed by atoms with Gasteiger partial charge in [0.2, 0.25) is 0 Å². The monoisotopic (exact) mass is 251 g/mol. The third-order valence-electron chi connectivity index (χ3n) is 2.82. The molecule has 0 fully saturated rings. The Kier molecular flexibility index (Phi) is 4.32. The average Bonchev–Trinajstić information content (AvgIpc) is 2.48. The topological polar surface area (TPSA) is 65.8 Å². The summed E-state index contributed by atoms with van der Waals surface area (Å²) >= 11 is 0. The fourth-order valence-electron chi connectivity index (χ4n) is 1.82. The summed E-state index contributed by atoms with van der Waals surface area (Å²) in [6.45, 7) is 0.204. The van der Waals surface area contributed by atoms with Gasteiger partial charge in [-0.1, -0.05) is 59.7 Å². The summed E-state index contributed by atoms with van der Waals surface area (Å²) in [5, 5.41) is 3.36. The van der Waals surface area contributed by atoms with E-state index in [0.29, 0.717) is 5.56 Å². The summed E-state index contributed by atoms with van der Waals surface area (Å²) in [6.07, 6.45) is 0.245. The van der Waals surface area contributed by atoms with Crippen LogP contribution in [0.15, 0.2) is 59.7 Å². The standard InChI is InChI=1S/C15H13N3O/c16-18-17-11-10-15(19)14-8-6-13(7-9-14)12-4-2-1-3-5-12/h1-9H,10-11H2. The zero-order valence-electron chi connectivity index (χ0n) is 10.4. The molecule has 4 heteroatoms. The zero-order chi connectivity index (χ0) is 13.5. The van der Waals surface area contributed by atoms with Gasteiger partial charge in [0.25, 0.3) is 0 Å². The second kappa shape index (κ2) is 6.38. The number of benzene rings is 2. The van der Waals surface area contributed by atoms with Gasteiger partial charge in [0.05, 0.1) is 0 Å². The van der Waals surface area contributed by atoms with Crippen LogP contribution in [0.3, 0.4) is 0 Å². The van der Waals surface area contributed by atoms with Crippen molar-refractivity contribution in [1.29, 1.82) is 0 Å². The lowest BCUT2D eigenvalue weighted by molar-refractivity contribution is 0.0985. The number of hydrogen-bond donors (Lipinski definition) is 0. The summed E-state index contributed by atoms with van der Waals surface area (Å²) in [5.41, 5.74) is 11.0. The van der Waals surface area contributed by atoms with Gasteiger partial charge in [-0.3, -0.25) is 4.79 Å². The predicted molar refractivity (Wildman–Crippen MR) is 74.8 cm³/mol. The van der Waals surface area contributed by atoms with Crippen LogP contribution in [0.2, 0.25) is 0 Å². The Balaban J connectivity index is 2.10. The normalized spacial score (nSPS) is 9.68. The fraction of sp³-hybridized carbons (Fsp3) is 0.133. The van der Waals surface area contributed by atoms with E-state index >= 15 is 0 Å². The molecular formula is C15H13N3O. The highest BCUT2D eigenvalue weighted by molar-refractivity contribution is 5.96. The number of rotatable bonds is 5. The van der Waals surface area contributed by atoms with Gasteiger partial charge >= 0.3 is 0 Å². The minimum absolute atomic E-state index is 0.00740. The Morgan fingerprint density at radius 1 is 1.00 bits per heavy atom. The number of carbonyl (C=O) groups is 1. The van der Waals surface area contributed by atoms with E-state index < -0.39 is 0 Å². The van der Waals surface area contributed by atoms with Gasteiger partial charge in [-0.2, -0.15) is 0 Å². The minimum atomic E-state index is -0.00740. The van der Waals surface area contributed by atoms with Gasteiger partial charge in [-0.05, 0) is 16.7 Å². The molecule has 0 heterocycles. The zero-order valence-corrected chi connectivity index (χ0v) is 10.4. The summed E-state index contributed by atoms with van der Waals surface area (Å²) in [4.78, 5) is 14.4. The minimum Gasteiger partial charge on any atom is -0.294 e. The Hall–Kier alpha value is -2.58. The van der Waals surface area contributed by atoms with Crippen molar-refractivity contribution in [2.45, 2.75) is 6.42 Å². The Bertz CT molecular complexity index is 599. The van der Waals surface area contributed by atoms with Crippen molar-refractivity contribution in [1.82, 2.24) is 0 Å². The first-order valence-corrected chi connectivity index (χ1v) is 6.01. The third kappa shape index (κ3) is 3.44. The molecule has 0 spiro atoms. The van der Waals surface area contributed by atoms with Gasteiger partial charge in [0.1, 0.15) is 0 Å². The smallest absolute Gasteiger partial charge is 0.163 e. The number of azide groups is 1. The molecule has 0 N–H and O–H groups in total. The quantitative estimate of drug-likeness (QED) is 0.339. The van der Waals surface area contributed by atoms with E-state index in [2.05, 4.69) is 10.0 Å². The van der Waals surface area contributed by atoms with E-state index in [4.69, 9.17) is 5.53 Å². The molecule has 0 aliphatic heterocycles. The van der Waals surface area contributed by atoms with Crippen molar-refractivity contribution in [3.63, 3.8) is 0 Å². The second-order valence-corrected chi connectivity index (χ2v) is 4.07. The number of ketones is 1. The van der Waals surface area contributed by atoms with E-state index in [1.54, 1.807) is 12.1 Å². The van der Waals surface area contributed by atoms with Crippen molar-refractivity contribution in [2.24, 2.45) is 5.11 Å². The Morgan fingerprint density at radius 3 is 2.26 bits per heavy atom. The van der Waals surface area contributed by atoms with Crippen molar-refractivity contribution in [3.8, 4) is 11.1 Å². The second-order valence-electron chi connectivity index (χ2n) is 4.07. The highest BCUT2D eigenvalue weighted by Gasteiger charge is 2.05. The molecule has 2 aromatic carbocycles. The molecule has 0 amide bonds. The molecular weight excluding hydrogens is 238 g/mol. The van der Waals surface area contributed by atoms with E-state index in [-0.39, 0.29) is 18.7 Å². The van der Waals surface area contributed by atoms with Gasteiger partial charge in [0.15, 0.2) is 5.78 Å². The van der Waals surface area contributed by atoms with Crippen LogP contribution < -0.4 is 0 Å². The van der Waals surface area contributed by atoms with Gasteiger partial charge in [-0.15, -0.1) is 0 Å². The highest BCUT2D eigenvalue weighted by Crippen LogP contribution is 2.19. The molecule has 0 aliphatic carbocycles. The van der Waals surface area contributed by atoms with Crippen molar-refractivity contribution >= 4 is 5.78 Å². The van der Waals surface area contributed by atoms with Crippen LogP contribution >= 0.6 is 0 Å². The first-order chi connectivity index (χ1) is 9.31. The summed E-state index contributed by atoms with van der Waals surface area (Å²) in [7, 11) is 0. The number of carbonyl (C=O) groups excluding carboxylic acids is 1. The maximum atomic E-state index is 11.8. The molecule has 4 nitrogen and oxygen atoms in total. The highest BCUT2D eigenvalue weighted by atomic mass is 16.1. The van der Waals surface area contributed by atoms with E-state index in [9.17, 15) is 4.79 Å². The molecule has 94 valence electrons. The number of Topliss-reactive ketones (excluding diaryl/α,β-unsaturated/α-hetero) is 1. The van der Waals surface area contributed by atoms with Gasteiger partial charge in [0, 0.05) is 23.4 Å². The first-order valence-electron chi connectivity index (χ1n) is 6.01. The summed E-state index contributed by atoms with van der Waals surface area (Å²) in [5.74, 6) is -0.00740. The molecule has 0 unspecified atom stereocenters. The molecule has 2 aromatic rings. The molecule has 0 bridgehead atoms. The van der Waals surface area contributed by atoms with Crippen molar-refractivity contribution in [3.05, 3.63) is 70.6 Å². The van der Waals surface area contributed by atoms with Crippen LogP contribution in [0.1, 0.15) is 16.8 Å². The molecule has 0 saturated carbocycles. The number of nitrogens with zero attached hydrogens (tertiary/aromatic N) is 3. The maximum Gasteiger partial charge on any atom is 0.163 e. The SMILES string of the molecule is [N-]=[N+]=NCCC(=O)c1ccc(-c2ccccc2)cc1. The third-order valence-corrected chi connectivity index (χ3v) is 2.82. The fourth-order valence-corrected chi connectivity index (χ4v) is 1.82. The van der Waals surface area contributed by atoms with E-state index in [1.165, 1.54) is 0 Å². The average molecular weight is 251 g/mol. The lowest BCUT2D eigenvalue weighted by Gasteiger charge is -2.03. The van der Waals surface area contributed by atoms with Crippen LogP contribution in [0.25, 0.3) is 21.6 Å². The summed E-state index contributed by atoms with van der Waals surface area (Å²) in [6, 6.07) is 17.4.